The standard InChI is InChI=1S/C8H6ClNO/c9-8-4-3-7(6-10-8)2-1-5-11/h1-6H. The second-order valence-electron chi connectivity index (χ2n) is 1.91. The number of pyridine rings is 1. The molecule has 0 saturated heterocycles. The van der Waals surface area contributed by atoms with Crippen LogP contribution in [-0.2, 0) is 4.79 Å². The highest BCUT2D eigenvalue weighted by Crippen LogP contribution is 2.05. The van der Waals surface area contributed by atoms with Crippen LogP contribution in [0.15, 0.2) is 24.4 Å². The van der Waals surface area contributed by atoms with E-state index in [1.54, 1.807) is 24.4 Å². The molecule has 0 spiro atoms. The van der Waals surface area contributed by atoms with Gasteiger partial charge in [-0.25, -0.2) is 4.98 Å². The molecular formula is C8H6ClNO. The normalized spacial score (nSPS) is 10.3. The summed E-state index contributed by atoms with van der Waals surface area (Å²) in [6.45, 7) is 0. The number of allylic oxidation sites excluding steroid dienone is 1. The van der Waals surface area contributed by atoms with Crippen LogP contribution >= 0.6 is 11.6 Å². The predicted molar refractivity (Wildman–Crippen MR) is 44.3 cm³/mol. The highest BCUT2D eigenvalue weighted by atomic mass is 35.5. The van der Waals surface area contributed by atoms with Crippen LogP contribution < -0.4 is 0 Å². The van der Waals surface area contributed by atoms with E-state index in [4.69, 9.17) is 11.6 Å². The van der Waals surface area contributed by atoms with Crippen molar-refractivity contribution in [3.8, 4) is 0 Å². The third-order valence-electron chi connectivity index (χ3n) is 1.12. The first kappa shape index (κ1) is 7.95. The van der Waals surface area contributed by atoms with Crippen molar-refractivity contribution in [2.75, 3.05) is 0 Å². The summed E-state index contributed by atoms with van der Waals surface area (Å²) in [6.07, 6.45) is 5.39. The van der Waals surface area contributed by atoms with Gasteiger partial charge in [-0.1, -0.05) is 23.7 Å². The van der Waals surface area contributed by atoms with Gasteiger partial charge in [-0.05, 0) is 17.7 Å². The maximum absolute atomic E-state index is 9.91. The fraction of sp³-hybridized carbons (Fsp3) is 0. The summed E-state index contributed by atoms with van der Waals surface area (Å²) in [5, 5.41) is 0.452. The van der Waals surface area contributed by atoms with Crippen molar-refractivity contribution in [3.63, 3.8) is 0 Å². The first-order valence-corrected chi connectivity index (χ1v) is 3.44. The van der Waals surface area contributed by atoms with E-state index in [0.29, 0.717) is 11.4 Å². The van der Waals surface area contributed by atoms with E-state index in [0.717, 1.165) is 5.56 Å². The number of hydrogen-bond acceptors (Lipinski definition) is 2. The van der Waals surface area contributed by atoms with Crippen LogP contribution in [0.5, 0.6) is 0 Å². The monoisotopic (exact) mass is 167 g/mol. The fourth-order valence-electron chi connectivity index (χ4n) is 0.636. The zero-order valence-electron chi connectivity index (χ0n) is 5.70. The van der Waals surface area contributed by atoms with E-state index < -0.39 is 0 Å². The Morgan fingerprint density at radius 1 is 1.45 bits per heavy atom. The quantitative estimate of drug-likeness (QED) is 0.383. The third-order valence-corrected chi connectivity index (χ3v) is 1.34. The minimum absolute atomic E-state index is 0.452. The molecule has 0 saturated carbocycles. The minimum atomic E-state index is 0.452. The topological polar surface area (TPSA) is 30.0 Å². The van der Waals surface area contributed by atoms with Crippen LogP contribution in [0.4, 0.5) is 0 Å². The molecule has 0 atom stereocenters. The van der Waals surface area contributed by atoms with Gasteiger partial charge in [-0.2, -0.15) is 0 Å². The van der Waals surface area contributed by atoms with Crippen LogP contribution in [0.25, 0.3) is 6.08 Å². The van der Waals surface area contributed by atoms with Gasteiger partial charge >= 0.3 is 0 Å². The molecule has 56 valence electrons. The molecule has 0 aliphatic heterocycles. The molecule has 1 aromatic rings. The van der Waals surface area contributed by atoms with Crippen LogP contribution in [0, 0.1) is 0 Å². The van der Waals surface area contributed by atoms with Crippen LogP contribution in [0.3, 0.4) is 0 Å². The summed E-state index contributed by atoms with van der Waals surface area (Å²) in [7, 11) is 0. The summed E-state index contributed by atoms with van der Waals surface area (Å²) >= 11 is 5.54. The maximum atomic E-state index is 9.91. The van der Waals surface area contributed by atoms with Crippen molar-refractivity contribution in [1.29, 1.82) is 0 Å². The number of carbonyl (C=O) groups is 1. The Balaban J connectivity index is 2.81. The van der Waals surface area contributed by atoms with Gasteiger partial charge in [0.1, 0.15) is 11.4 Å². The highest BCUT2D eigenvalue weighted by Gasteiger charge is 1.87. The molecule has 0 aromatic carbocycles. The lowest BCUT2D eigenvalue weighted by molar-refractivity contribution is -0.104. The largest absolute Gasteiger partial charge is 0.299 e. The second kappa shape index (κ2) is 3.88. The molecular weight excluding hydrogens is 162 g/mol. The van der Waals surface area contributed by atoms with Crippen LogP contribution in [-0.4, -0.2) is 11.3 Å². The van der Waals surface area contributed by atoms with Gasteiger partial charge in [-0.3, -0.25) is 4.79 Å². The molecule has 11 heavy (non-hydrogen) atoms. The number of rotatable bonds is 2. The zero-order chi connectivity index (χ0) is 8.10. The molecule has 1 rings (SSSR count). The summed E-state index contributed by atoms with van der Waals surface area (Å²) < 4.78 is 0. The second-order valence-corrected chi connectivity index (χ2v) is 2.30. The Morgan fingerprint density at radius 3 is 2.82 bits per heavy atom. The van der Waals surface area contributed by atoms with Crippen LogP contribution in [0.1, 0.15) is 5.56 Å². The molecule has 0 aliphatic rings. The van der Waals surface area contributed by atoms with Gasteiger partial charge in [0.15, 0.2) is 0 Å². The Labute approximate surface area is 69.5 Å². The van der Waals surface area contributed by atoms with Crippen molar-refractivity contribution in [2.24, 2.45) is 0 Å². The number of hydrogen-bond donors (Lipinski definition) is 0. The Bertz CT molecular complexity index is 266. The van der Waals surface area contributed by atoms with E-state index in [2.05, 4.69) is 4.98 Å². The first-order chi connectivity index (χ1) is 5.33. The lowest BCUT2D eigenvalue weighted by atomic mass is 10.3. The molecule has 0 unspecified atom stereocenters. The van der Waals surface area contributed by atoms with Gasteiger partial charge in [0.2, 0.25) is 0 Å². The molecule has 1 heterocycles. The SMILES string of the molecule is O=CC=Cc1ccc(Cl)nc1. The molecule has 0 amide bonds. The van der Waals surface area contributed by atoms with E-state index in [1.807, 2.05) is 0 Å². The van der Waals surface area contributed by atoms with E-state index in [1.165, 1.54) is 6.08 Å². The number of aldehydes is 1. The summed E-state index contributed by atoms with van der Waals surface area (Å²) in [5.74, 6) is 0. The van der Waals surface area contributed by atoms with E-state index >= 15 is 0 Å². The maximum Gasteiger partial charge on any atom is 0.142 e. The Morgan fingerprint density at radius 2 is 2.27 bits per heavy atom. The van der Waals surface area contributed by atoms with Gasteiger partial charge in [0.05, 0.1) is 0 Å². The van der Waals surface area contributed by atoms with Crippen molar-refractivity contribution < 1.29 is 4.79 Å². The molecule has 0 aliphatic carbocycles. The average Bonchev–Trinajstić information content (AvgIpc) is 2.04. The van der Waals surface area contributed by atoms with E-state index in [9.17, 15) is 4.79 Å². The number of carbonyl (C=O) groups excluding carboxylic acids is 1. The first-order valence-electron chi connectivity index (χ1n) is 3.06. The fourth-order valence-corrected chi connectivity index (χ4v) is 0.748. The third kappa shape index (κ3) is 2.51. The van der Waals surface area contributed by atoms with Gasteiger partial charge in [0, 0.05) is 6.20 Å². The summed E-state index contributed by atoms with van der Waals surface area (Å²) in [4.78, 5) is 13.7. The smallest absolute Gasteiger partial charge is 0.142 e. The lowest BCUT2D eigenvalue weighted by Crippen LogP contribution is -1.75. The van der Waals surface area contributed by atoms with Crippen molar-refractivity contribution in [2.45, 2.75) is 0 Å². The van der Waals surface area contributed by atoms with Crippen molar-refractivity contribution in [1.82, 2.24) is 4.98 Å². The molecule has 0 bridgehead atoms. The minimum Gasteiger partial charge on any atom is -0.299 e. The Kier molecular flexibility index (Phi) is 2.81. The van der Waals surface area contributed by atoms with Gasteiger partial charge < -0.3 is 0 Å². The lowest BCUT2D eigenvalue weighted by Gasteiger charge is -1.89. The average molecular weight is 168 g/mol. The molecule has 0 radical (unpaired) electrons. The summed E-state index contributed by atoms with van der Waals surface area (Å²) in [6, 6.07) is 3.46. The van der Waals surface area contributed by atoms with Crippen molar-refractivity contribution >= 4 is 24.0 Å². The molecule has 3 heteroatoms. The predicted octanol–water partition coefficient (Wildman–Crippen LogP) is 1.95. The zero-order valence-corrected chi connectivity index (χ0v) is 6.45. The van der Waals surface area contributed by atoms with Gasteiger partial charge in [-0.15, -0.1) is 0 Å². The molecule has 2 nitrogen and oxygen atoms in total. The number of nitrogens with zero attached hydrogens (tertiary/aromatic N) is 1. The van der Waals surface area contributed by atoms with E-state index in [-0.39, 0.29) is 0 Å². The Hall–Kier alpha value is -1.15. The molecule has 1 aromatic heterocycles. The van der Waals surface area contributed by atoms with Crippen molar-refractivity contribution in [3.05, 3.63) is 35.1 Å². The molecule has 0 N–H and O–H groups in total. The summed E-state index contributed by atoms with van der Waals surface area (Å²) in [5.41, 5.74) is 0.863. The highest BCUT2D eigenvalue weighted by molar-refractivity contribution is 6.29. The van der Waals surface area contributed by atoms with Gasteiger partial charge in [0.25, 0.3) is 0 Å². The number of halogens is 1. The molecule has 0 fully saturated rings. The van der Waals surface area contributed by atoms with Crippen LogP contribution in [0.2, 0.25) is 5.15 Å². The number of aromatic nitrogens is 1.